The lowest BCUT2D eigenvalue weighted by Crippen LogP contribution is -2.06. The van der Waals surface area contributed by atoms with Gasteiger partial charge in [-0.05, 0) is 54.0 Å². The molecule has 0 aliphatic carbocycles. The Morgan fingerprint density at radius 3 is 2.81 bits per heavy atom. The van der Waals surface area contributed by atoms with Crippen LogP contribution in [0.1, 0.15) is 23.5 Å². The summed E-state index contributed by atoms with van der Waals surface area (Å²) in [5.41, 5.74) is 2.13. The molecule has 0 fully saturated rings. The van der Waals surface area contributed by atoms with Crippen molar-refractivity contribution in [2.45, 2.75) is 19.9 Å². The molecular formula is C12H13BrN2S. The number of thiophene rings is 1. The highest BCUT2D eigenvalue weighted by Gasteiger charge is 2.09. The van der Waals surface area contributed by atoms with Crippen LogP contribution < -0.4 is 5.32 Å². The van der Waals surface area contributed by atoms with Gasteiger partial charge in [-0.2, -0.15) is 0 Å². The number of aromatic nitrogens is 1. The molecule has 0 bridgehead atoms. The molecule has 84 valence electrons. The molecule has 0 radical (unpaired) electrons. The number of rotatable bonds is 3. The summed E-state index contributed by atoms with van der Waals surface area (Å²) >= 11 is 5.23. The van der Waals surface area contributed by atoms with Crippen molar-refractivity contribution in [3.05, 3.63) is 44.8 Å². The van der Waals surface area contributed by atoms with E-state index in [1.807, 2.05) is 19.2 Å². The Labute approximate surface area is 108 Å². The zero-order valence-corrected chi connectivity index (χ0v) is 11.6. The first-order chi connectivity index (χ1) is 7.66. The van der Waals surface area contributed by atoms with Crippen molar-refractivity contribution in [2.24, 2.45) is 0 Å². The third-order valence-corrected chi connectivity index (χ3v) is 4.21. The largest absolute Gasteiger partial charge is 0.376 e. The average molecular weight is 297 g/mol. The van der Waals surface area contributed by atoms with Crippen LogP contribution in [0, 0.1) is 6.92 Å². The second-order valence-electron chi connectivity index (χ2n) is 3.64. The standard InChI is InChI=1S/C12H13BrN2S/c1-8-10(4-3-7-14-8)15-9(2)11-5-6-12(13)16-11/h3-7,9,15H,1-2H3. The van der Waals surface area contributed by atoms with Crippen LogP contribution >= 0.6 is 27.3 Å². The summed E-state index contributed by atoms with van der Waals surface area (Å²) < 4.78 is 1.17. The van der Waals surface area contributed by atoms with E-state index in [9.17, 15) is 0 Å². The maximum absolute atomic E-state index is 4.26. The monoisotopic (exact) mass is 296 g/mol. The normalized spacial score (nSPS) is 12.4. The number of nitrogens with one attached hydrogen (secondary N) is 1. The third kappa shape index (κ3) is 2.62. The molecule has 0 amide bonds. The van der Waals surface area contributed by atoms with Crippen molar-refractivity contribution in [1.82, 2.24) is 4.98 Å². The van der Waals surface area contributed by atoms with Crippen LogP contribution in [0.5, 0.6) is 0 Å². The Morgan fingerprint density at radius 1 is 1.38 bits per heavy atom. The Morgan fingerprint density at radius 2 is 2.19 bits per heavy atom. The van der Waals surface area contributed by atoms with Crippen molar-refractivity contribution in [2.75, 3.05) is 5.32 Å². The molecule has 2 aromatic heterocycles. The molecule has 0 saturated heterocycles. The van der Waals surface area contributed by atoms with Crippen LogP contribution in [0.3, 0.4) is 0 Å². The lowest BCUT2D eigenvalue weighted by Gasteiger charge is -2.14. The van der Waals surface area contributed by atoms with E-state index in [-0.39, 0.29) is 0 Å². The molecule has 2 aromatic rings. The molecule has 16 heavy (non-hydrogen) atoms. The van der Waals surface area contributed by atoms with E-state index in [1.54, 1.807) is 11.3 Å². The van der Waals surface area contributed by atoms with Crippen molar-refractivity contribution in [3.8, 4) is 0 Å². The number of anilines is 1. The van der Waals surface area contributed by atoms with Gasteiger partial charge in [0.25, 0.3) is 0 Å². The van der Waals surface area contributed by atoms with Gasteiger partial charge < -0.3 is 5.32 Å². The summed E-state index contributed by atoms with van der Waals surface area (Å²) in [4.78, 5) is 5.58. The zero-order valence-electron chi connectivity index (χ0n) is 9.20. The van der Waals surface area contributed by atoms with Gasteiger partial charge in [0, 0.05) is 11.1 Å². The van der Waals surface area contributed by atoms with E-state index in [4.69, 9.17) is 0 Å². The second kappa shape index (κ2) is 4.97. The maximum atomic E-state index is 4.26. The summed E-state index contributed by atoms with van der Waals surface area (Å²) in [6.07, 6.45) is 1.81. The molecule has 2 nitrogen and oxygen atoms in total. The van der Waals surface area contributed by atoms with Crippen LogP contribution in [0.2, 0.25) is 0 Å². The van der Waals surface area contributed by atoms with Gasteiger partial charge in [-0.15, -0.1) is 11.3 Å². The number of pyridine rings is 1. The van der Waals surface area contributed by atoms with Crippen LogP contribution in [0.4, 0.5) is 5.69 Å². The molecule has 1 unspecified atom stereocenters. The fraction of sp³-hybridized carbons (Fsp3) is 0.250. The Bertz CT molecular complexity index is 481. The van der Waals surface area contributed by atoms with Gasteiger partial charge in [0.05, 0.1) is 21.2 Å². The molecule has 2 heterocycles. The van der Waals surface area contributed by atoms with Gasteiger partial charge in [-0.25, -0.2) is 0 Å². The van der Waals surface area contributed by atoms with Gasteiger partial charge in [0.1, 0.15) is 0 Å². The molecule has 0 saturated carbocycles. The van der Waals surface area contributed by atoms with Crippen molar-refractivity contribution in [1.29, 1.82) is 0 Å². The smallest absolute Gasteiger partial charge is 0.0702 e. The van der Waals surface area contributed by atoms with Crippen LogP contribution in [-0.2, 0) is 0 Å². The minimum absolute atomic E-state index is 0.305. The highest BCUT2D eigenvalue weighted by Crippen LogP contribution is 2.29. The minimum Gasteiger partial charge on any atom is -0.376 e. The minimum atomic E-state index is 0.305. The van der Waals surface area contributed by atoms with Gasteiger partial charge in [-0.3, -0.25) is 4.98 Å². The second-order valence-corrected chi connectivity index (χ2v) is 6.14. The summed E-state index contributed by atoms with van der Waals surface area (Å²) in [6, 6.07) is 8.53. The molecule has 1 N–H and O–H groups in total. The van der Waals surface area contributed by atoms with Crippen molar-refractivity contribution < 1.29 is 0 Å². The SMILES string of the molecule is Cc1ncccc1NC(C)c1ccc(Br)s1. The summed E-state index contributed by atoms with van der Waals surface area (Å²) in [5.74, 6) is 0. The van der Waals surface area contributed by atoms with E-state index < -0.39 is 0 Å². The molecule has 4 heteroatoms. The van der Waals surface area contributed by atoms with Crippen LogP contribution in [-0.4, -0.2) is 4.98 Å². The molecule has 2 rings (SSSR count). The van der Waals surface area contributed by atoms with E-state index in [0.29, 0.717) is 6.04 Å². The number of aryl methyl sites for hydroxylation is 1. The fourth-order valence-electron chi connectivity index (χ4n) is 1.50. The quantitative estimate of drug-likeness (QED) is 0.909. The number of nitrogens with zero attached hydrogens (tertiary/aromatic N) is 1. The molecule has 0 aliphatic heterocycles. The first-order valence-corrected chi connectivity index (χ1v) is 6.71. The van der Waals surface area contributed by atoms with Gasteiger partial charge >= 0.3 is 0 Å². The van der Waals surface area contributed by atoms with E-state index in [0.717, 1.165) is 11.4 Å². The van der Waals surface area contributed by atoms with E-state index in [2.05, 4.69) is 51.4 Å². The molecule has 0 aliphatic rings. The van der Waals surface area contributed by atoms with Gasteiger partial charge in [0.15, 0.2) is 0 Å². The topological polar surface area (TPSA) is 24.9 Å². The van der Waals surface area contributed by atoms with Crippen LogP contribution in [0.25, 0.3) is 0 Å². The first-order valence-electron chi connectivity index (χ1n) is 5.10. The zero-order chi connectivity index (χ0) is 11.5. The summed E-state index contributed by atoms with van der Waals surface area (Å²) in [6.45, 7) is 4.17. The maximum Gasteiger partial charge on any atom is 0.0702 e. The predicted octanol–water partition coefficient (Wildman–Crippen LogP) is 4.39. The number of halogens is 1. The summed E-state index contributed by atoms with van der Waals surface area (Å²) in [7, 11) is 0. The highest BCUT2D eigenvalue weighted by atomic mass is 79.9. The Kier molecular flexibility index (Phi) is 3.61. The predicted molar refractivity (Wildman–Crippen MR) is 73.0 cm³/mol. The van der Waals surface area contributed by atoms with Crippen LogP contribution in [0.15, 0.2) is 34.2 Å². The summed E-state index contributed by atoms with van der Waals surface area (Å²) in [5, 5.41) is 3.47. The fourth-order valence-corrected chi connectivity index (χ4v) is 2.93. The first kappa shape index (κ1) is 11.6. The lowest BCUT2D eigenvalue weighted by atomic mass is 10.2. The molecule has 0 spiro atoms. The number of hydrogen-bond donors (Lipinski definition) is 1. The molecular weight excluding hydrogens is 284 g/mol. The lowest BCUT2D eigenvalue weighted by molar-refractivity contribution is 0.901. The van der Waals surface area contributed by atoms with Gasteiger partial charge in [0.2, 0.25) is 0 Å². The van der Waals surface area contributed by atoms with Crippen molar-refractivity contribution in [3.63, 3.8) is 0 Å². The Hall–Kier alpha value is -0.870. The highest BCUT2D eigenvalue weighted by molar-refractivity contribution is 9.11. The van der Waals surface area contributed by atoms with Gasteiger partial charge in [-0.1, -0.05) is 0 Å². The Balaban J connectivity index is 2.13. The number of hydrogen-bond acceptors (Lipinski definition) is 3. The van der Waals surface area contributed by atoms with Crippen molar-refractivity contribution >= 4 is 33.0 Å². The van der Waals surface area contributed by atoms with E-state index >= 15 is 0 Å². The van der Waals surface area contributed by atoms with E-state index in [1.165, 1.54) is 8.66 Å². The molecule has 1 atom stereocenters. The average Bonchev–Trinajstić information content (AvgIpc) is 2.68. The third-order valence-electron chi connectivity index (χ3n) is 2.40. The molecule has 0 aromatic carbocycles.